The number of hydrogen-bond donors (Lipinski definition) is 0. The minimum atomic E-state index is -1.86. The number of rotatable bonds is 7. The molecule has 24 heavy (non-hydrogen) atoms. The van der Waals surface area contributed by atoms with Gasteiger partial charge in [-0.3, -0.25) is 15.1 Å². The van der Waals surface area contributed by atoms with Crippen LogP contribution in [0.2, 0.25) is 18.1 Å². The molecule has 0 aliphatic carbocycles. The van der Waals surface area contributed by atoms with E-state index in [1.807, 2.05) is 13.8 Å². The molecule has 1 aromatic heterocycles. The van der Waals surface area contributed by atoms with E-state index in [1.54, 1.807) is 12.3 Å². The number of aromatic nitrogens is 1. The van der Waals surface area contributed by atoms with Gasteiger partial charge in [0, 0.05) is 24.1 Å². The summed E-state index contributed by atoms with van der Waals surface area (Å²) in [5, 5.41) is 11.6. The van der Waals surface area contributed by atoms with Gasteiger partial charge in [0.05, 0.1) is 11.5 Å². The molecular weight excluding hydrogens is 320 g/mol. The monoisotopic (exact) mass is 350 g/mol. The summed E-state index contributed by atoms with van der Waals surface area (Å²) in [4.78, 5) is 15.3. The lowest BCUT2D eigenvalue weighted by Gasteiger charge is -2.36. The largest absolute Gasteiger partial charge is 0.413 e. The van der Waals surface area contributed by atoms with Crippen LogP contribution in [0.1, 0.15) is 51.8 Å². The van der Waals surface area contributed by atoms with Crippen LogP contribution in [0.4, 0.5) is 5.69 Å². The zero-order valence-electron chi connectivity index (χ0n) is 16.0. The molecule has 0 amide bonds. The zero-order chi connectivity index (χ0) is 18.7. The van der Waals surface area contributed by atoms with E-state index in [0.717, 1.165) is 5.57 Å². The highest BCUT2D eigenvalue weighted by atomic mass is 28.4. The van der Waals surface area contributed by atoms with E-state index in [4.69, 9.17) is 4.43 Å². The number of nitrogens with zero attached hydrogens (tertiary/aromatic N) is 2. The third-order valence-corrected chi connectivity index (χ3v) is 9.13. The summed E-state index contributed by atoms with van der Waals surface area (Å²) in [5.41, 5.74) is 2.14. The summed E-state index contributed by atoms with van der Waals surface area (Å²) in [5.74, 6) is 0.00194. The molecule has 1 aromatic rings. The highest BCUT2D eigenvalue weighted by Gasteiger charge is 2.37. The molecule has 0 aliphatic rings. The van der Waals surface area contributed by atoms with Gasteiger partial charge < -0.3 is 4.43 Å². The average Bonchev–Trinajstić information content (AvgIpc) is 2.43. The van der Waals surface area contributed by atoms with Crippen molar-refractivity contribution in [2.75, 3.05) is 6.61 Å². The second-order valence-electron chi connectivity index (χ2n) is 8.09. The highest BCUT2D eigenvalue weighted by molar-refractivity contribution is 6.74. The summed E-state index contributed by atoms with van der Waals surface area (Å²) in [6, 6.07) is 1.71. The Kier molecular flexibility index (Phi) is 6.47. The van der Waals surface area contributed by atoms with Crippen LogP contribution in [-0.2, 0) is 10.8 Å². The Balaban J connectivity index is 2.92. The fraction of sp³-hybridized carbons (Fsp3) is 0.611. The molecule has 0 bridgehead atoms. The summed E-state index contributed by atoms with van der Waals surface area (Å²) in [6.45, 7) is 19.3. The Morgan fingerprint density at radius 2 is 2.00 bits per heavy atom. The molecule has 0 radical (unpaired) electrons. The van der Waals surface area contributed by atoms with Gasteiger partial charge in [0.2, 0.25) is 0 Å². The van der Waals surface area contributed by atoms with Crippen molar-refractivity contribution in [3.05, 3.63) is 45.8 Å². The molecule has 0 aromatic carbocycles. The van der Waals surface area contributed by atoms with Crippen LogP contribution in [0.5, 0.6) is 0 Å². The number of hydrogen-bond acceptors (Lipinski definition) is 4. The topological polar surface area (TPSA) is 65.3 Å². The van der Waals surface area contributed by atoms with Gasteiger partial charge in [-0.15, -0.1) is 0 Å². The second-order valence-corrected chi connectivity index (χ2v) is 12.9. The predicted molar refractivity (Wildman–Crippen MR) is 101 cm³/mol. The van der Waals surface area contributed by atoms with Crippen molar-refractivity contribution in [3.8, 4) is 0 Å². The van der Waals surface area contributed by atoms with Crippen molar-refractivity contribution >= 4 is 14.0 Å². The highest BCUT2D eigenvalue weighted by Crippen LogP contribution is 2.37. The fourth-order valence-corrected chi connectivity index (χ4v) is 3.11. The molecule has 1 rings (SSSR count). The smallest absolute Gasteiger partial charge is 0.294 e. The molecule has 1 heterocycles. The number of pyridine rings is 1. The SMILES string of the molecule is C=C(CO[Si](C)(C)C(C)(C)C)Cc1ccnc(C(C)C)c1[N+](=O)[O-]. The van der Waals surface area contributed by atoms with Gasteiger partial charge in [-0.1, -0.05) is 41.2 Å². The second kappa shape index (κ2) is 7.57. The molecule has 0 saturated carbocycles. The van der Waals surface area contributed by atoms with E-state index >= 15 is 0 Å². The van der Waals surface area contributed by atoms with E-state index in [-0.39, 0.29) is 21.6 Å². The third-order valence-electron chi connectivity index (χ3n) is 4.65. The first-order valence-electron chi connectivity index (χ1n) is 8.29. The van der Waals surface area contributed by atoms with Gasteiger partial charge in [-0.05, 0) is 29.8 Å². The molecule has 6 heteroatoms. The third kappa shape index (κ3) is 4.98. The standard InChI is InChI=1S/C18H30N2O3Si/c1-13(2)16-17(20(21)22)15(9-10-19-16)11-14(3)12-23-24(7,8)18(4,5)6/h9-10,13H,3,11-12H2,1-2,4-8H3. The molecule has 0 N–H and O–H groups in total. The van der Waals surface area contributed by atoms with Crippen molar-refractivity contribution < 1.29 is 9.35 Å². The Morgan fingerprint density at radius 3 is 2.46 bits per heavy atom. The van der Waals surface area contributed by atoms with Gasteiger partial charge in [0.15, 0.2) is 8.32 Å². The van der Waals surface area contributed by atoms with Gasteiger partial charge in [0.25, 0.3) is 5.69 Å². The molecule has 0 aliphatic heterocycles. The molecule has 0 spiro atoms. The maximum atomic E-state index is 11.5. The van der Waals surface area contributed by atoms with Crippen LogP contribution in [-0.4, -0.2) is 24.8 Å². The van der Waals surface area contributed by atoms with E-state index in [1.165, 1.54) is 0 Å². The lowest BCUT2D eigenvalue weighted by molar-refractivity contribution is -0.386. The fourth-order valence-electron chi connectivity index (χ4n) is 2.11. The average molecular weight is 351 g/mol. The van der Waals surface area contributed by atoms with Crippen LogP contribution in [0.3, 0.4) is 0 Å². The Labute approximate surface area is 146 Å². The van der Waals surface area contributed by atoms with E-state index in [9.17, 15) is 10.1 Å². The maximum Gasteiger partial charge on any atom is 0.294 e. The Hall–Kier alpha value is -1.53. The predicted octanol–water partition coefficient (Wildman–Crippen LogP) is 5.23. The minimum Gasteiger partial charge on any atom is -0.413 e. The molecular formula is C18H30N2O3Si. The van der Waals surface area contributed by atoms with Crippen molar-refractivity contribution in [2.45, 2.75) is 65.1 Å². The van der Waals surface area contributed by atoms with Gasteiger partial charge >= 0.3 is 0 Å². The minimum absolute atomic E-state index is 0.00194. The first-order valence-corrected chi connectivity index (χ1v) is 11.2. The van der Waals surface area contributed by atoms with Crippen LogP contribution < -0.4 is 0 Å². The van der Waals surface area contributed by atoms with Gasteiger partial charge in [-0.25, -0.2) is 0 Å². The molecule has 134 valence electrons. The van der Waals surface area contributed by atoms with Crippen molar-refractivity contribution in [1.29, 1.82) is 0 Å². The molecule has 0 fully saturated rings. The first-order chi connectivity index (χ1) is 10.9. The molecule has 0 saturated heterocycles. The van der Waals surface area contributed by atoms with Crippen molar-refractivity contribution in [2.24, 2.45) is 0 Å². The normalized spacial score (nSPS) is 12.5. The number of nitro groups is 1. The van der Waals surface area contributed by atoms with E-state index in [0.29, 0.717) is 24.3 Å². The van der Waals surface area contributed by atoms with E-state index < -0.39 is 8.32 Å². The lowest BCUT2D eigenvalue weighted by Crippen LogP contribution is -2.41. The molecule has 5 nitrogen and oxygen atoms in total. The quantitative estimate of drug-likeness (QED) is 0.292. The van der Waals surface area contributed by atoms with E-state index in [2.05, 4.69) is 45.4 Å². The summed E-state index contributed by atoms with van der Waals surface area (Å²) in [6.07, 6.45) is 2.08. The summed E-state index contributed by atoms with van der Waals surface area (Å²) < 4.78 is 6.16. The first kappa shape index (κ1) is 20.5. The van der Waals surface area contributed by atoms with Gasteiger partial charge in [0.1, 0.15) is 5.69 Å². The lowest BCUT2D eigenvalue weighted by atomic mass is 10.0. The van der Waals surface area contributed by atoms with Crippen LogP contribution in [0, 0.1) is 10.1 Å². The molecule has 0 atom stereocenters. The van der Waals surface area contributed by atoms with Gasteiger partial charge in [-0.2, -0.15) is 0 Å². The summed E-state index contributed by atoms with van der Waals surface area (Å²) in [7, 11) is -1.86. The summed E-state index contributed by atoms with van der Waals surface area (Å²) >= 11 is 0. The van der Waals surface area contributed by atoms with Crippen molar-refractivity contribution in [1.82, 2.24) is 4.98 Å². The Morgan fingerprint density at radius 1 is 1.42 bits per heavy atom. The van der Waals surface area contributed by atoms with Crippen LogP contribution in [0.15, 0.2) is 24.4 Å². The maximum absolute atomic E-state index is 11.5. The zero-order valence-corrected chi connectivity index (χ0v) is 17.0. The van der Waals surface area contributed by atoms with Crippen molar-refractivity contribution in [3.63, 3.8) is 0 Å². The molecule has 0 unspecified atom stereocenters. The van der Waals surface area contributed by atoms with Crippen LogP contribution in [0.25, 0.3) is 0 Å². The van der Waals surface area contributed by atoms with Crippen LogP contribution >= 0.6 is 0 Å². The Bertz CT molecular complexity index is 619.